The minimum Gasteiger partial charge on any atom is -0.464 e. The molecule has 7 nitrogen and oxygen atoms in total. The van der Waals surface area contributed by atoms with Crippen molar-refractivity contribution in [3.63, 3.8) is 0 Å². The number of carbonyl (C=O) groups is 2. The van der Waals surface area contributed by atoms with Crippen LogP contribution >= 0.6 is 23.2 Å². The van der Waals surface area contributed by atoms with Crippen molar-refractivity contribution in [3.05, 3.63) is 106 Å². The van der Waals surface area contributed by atoms with Crippen LogP contribution < -0.4 is 9.62 Å². The smallest absolute Gasteiger partial charge is 0.326 e. The van der Waals surface area contributed by atoms with Gasteiger partial charge in [-0.15, -0.1) is 0 Å². The third kappa shape index (κ3) is 7.33. The fraction of sp³-hybridized carbons (Fsp3) is 0.200. The lowest BCUT2D eigenvalue weighted by Crippen LogP contribution is -2.36. The summed E-state index contributed by atoms with van der Waals surface area (Å²) in [6.07, 6.45) is 1.49. The maximum absolute atomic E-state index is 13.7. The first-order valence-corrected chi connectivity index (χ1v) is 14.9. The van der Waals surface area contributed by atoms with Gasteiger partial charge in [-0.25, -0.2) is 8.42 Å². The molecule has 1 N–H and O–H groups in total. The molecule has 0 heterocycles. The number of amides is 1. The number of nitrogens with zero attached hydrogens (tertiary/aromatic N) is 1. The second-order valence-electron chi connectivity index (χ2n) is 9.11. The van der Waals surface area contributed by atoms with Crippen molar-refractivity contribution < 1.29 is 22.7 Å². The normalized spacial score (nSPS) is 11.3. The van der Waals surface area contributed by atoms with Gasteiger partial charge in [-0.05, 0) is 65.2 Å². The van der Waals surface area contributed by atoms with Gasteiger partial charge in [-0.1, -0.05) is 79.0 Å². The Morgan fingerprint density at radius 2 is 1.55 bits per heavy atom. The highest BCUT2D eigenvalue weighted by molar-refractivity contribution is 7.92. The van der Waals surface area contributed by atoms with E-state index in [0.717, 1.165) is 21.7 Å². The largest absolute Gasteiger partial charge is 0.464 e. The molecule has 208 valence electrons. The zero-order chi connectivity index (χ0) is 28.7. The topological polar surface area (TPSA) is 92.8 Å². The fourth-order valence-electron chi connectivity index (χ4n) is 4.02. The van der Waals surface area contributed by atoms with E-state index in [2.05, 4.69) is 5.32 Å². The van der Waals surface area contributed by atoms with E-state index in [-0.39, 0.29) is 33.1 Å². The summed E-state index contributed by atoms with van der Waals surface area (Å²) in [6.45, 7) is 2.01. The van der Waals surface area contributed by atoms with Crippen LogP contribution in [0.15, 0.2) is 89.8 Å². The molecule has 1 amide bonds. The highest BCUT2D eigenvalue weighted by Crippen LogP contribution is 2.30. The third-order valence-corrected chi connectivity index (χ3v) is 8.32. The van der Waals surface area contributed by atoms with E-state index in [1.54, 1.807) is 36.4 Å². The molecule has 0 atom stereocenters. The minimum atomic E-state index is -4.25. The number of nitrogens with one attached hydrogen (secondary N) is 1. The number of ether oxygens (including phenoxy) is 1. The molecular weight excluding hydrogens is 571 g/mol. The number of unbranched alkanes of at least 4 members (excludes halogenated alkanes) is 1. The fourth-order valence-corrected chi connectivity index (χ4v) is 6.15. The molecule has 4 aromatic carbocycles. The number of carbonyl (C=O) groups excluding carboxylic acids is 2. The van der Waals surface area contributed by atoms with Crippen LogP contribution in [0.1, 0.15) is 35.7 Å². The SMILES string of the molecule is CCCCOC(=O)CN(c1ccc2cc(C(=O)NCc3ccccc3)ccc2c1)S(=O)(=O)c1cc(Cl)cc(Cl)c1. The molecule has 0 saturated heterocycles. The third-order valence-electron chi connectivity index (χ3n) is 6.13. The molecule has 0 aliphatic carbocycles. The molecule has 0 fully saturated rings. The van der Waals surface area contributed by atoms with Crippen LogP contribution in [0.3, 0.4) is 0 Å². The summed E-state index contributed by atoms with van der Waals surface area (Å²) in [7, 11) is -4.25. The van der Waals surface area contributed by atoms with Gasteiger partial charge in [0.1, 0.15) is 6.54 Å². The van der Waals surface area contributed by atoms with Crippen LogP contribution in [0.5, 0.6) is 0 Å². The van der Waals surface area contributed by atoms with Gasteiger partial charge >= 0.3 is 5.97 Å². The van der Waals surface area contributed by atoms with Crippen LogP contribution in [0.25, 0.3) is 10.8 Å². The number of fused-ring (bicyclic) bond motifs is 1. The Hall–Kier alpha value is -3.59. The standard InChI is InChI=1S/C30H28Cl2N2O5S/c1-2-3-13-39-29(35)20-34(40(37,38)28-17-25(31)16-26(32)18-28)27-12-11-22-14-24(10-9-23(22)15-27)30(36)33-19-21-7-5-4-6-8-21/h4-12,14-18H,2-3,13,19-20H2,1H3,(H,33,36). The number of anilines is 1. The summed E-state index contributed by atoms with van der Waals surface area (Å²) >= 11 is 12.2. The average Bonchev–Trinajstić information content (AvgIpc) is 2.94. The second-order valence-corrected chi connectivity index (χ2v) is 11.8. The van der Waals surface area contributed by atoms with E-state index in [4.69, 9.17) is 27.9 Å². The molecule has 4 aromatic rings. The predicted molar refractivity (Wildman–Crippen MR) is 158 cm³/mol. The first-order chi connectivity index (χ1) is 19.2. The Morgan fingerprint density at radius 3 is 2.25 bits per heavy atom. The lowest BCUT2D eigenvalue weighted by atomic mass is 10.1. The molecule has 0 aromatic heterocycles. The summed E-state index contributed by atoms with van der Waals surface area (Å²) < 4.78 is 33.7. The quantitative estimate of drug-likeness (QED) is 0.155. The van der Waals surface area contributed by atoms with E-state index in [0.29, 0.717) is 23.9 Å². The first kappa shape index (κ1) is 29.4. The van der Waals surface area contributed by atoms with E-state index >= 15 is 0 Å². The molecule has 40 heavy (non-hydrogen) atoms. The van der Waals surface area contributed by atoms with Gasteiger partial charge in [0.15, 0.2) is 0 Å². The molecule has 10 heteroatoms. The van der Waals surface area contributed by atoms with Gasteiger partial charge in [0.05, 0.1) is 17.2 Å². The number of benzene rings is 4. The van der Waals surface area contributed by atoms with Crippen molar-refractivity contribution in [1.82, 2.24) is 5.32 Å². The Bertz CT molecular complexity index is 1610. The van der Waals surface area contributed by atoms with Gasteiger partial charge in [0, 0.05) is 22.2 Å². The Kier molecular flexibility index (Phi) is 9.68. The summed E-state index contributed by atoms with van der Waals surface area (Å²) in [4.78, 5) is 25.2. The van der Waals surface area contributed by atoms with Crippen molar-refractivity contribution in [2.45, 2.75) is 31.2 Å². The maximum Gasteiger partial charge on any atom is 0.326 e. The molecular formula is C30H28Cl2N2O5S. The van der Waals surface area contributed by atoms with Crippen molar-refractivity contribution in [1.29, 1.82) is 0 Å². The summed E-state index contributed by atoms with van der Waals surface area (Å²) in [5, 5.41) is 4.60. The molecule has 0 bridgehead atoms. The zero-order valence-electron chi connectivity index (χ0n) is 21.8. The monoisotopic (exact) mass is 598 g/mol. The predicted octanol–water partition coefficient (Wildman–Crippen LogP) is 6.62. The highest BCUT2D eigenvalue weighted by Gasteiger charge is 2.29. The van der Waals surface area contributed by atoms with Crippen molar-refractivity contribution >= 4 is 61.6 Å². The van der Waals surface area contributed by atoms with Crippen LogP contribution in [0.4, 0.5) is 5.69 Å². The zero-order valence-corrected chi connectivity index (χ0v) is 24.1. The molecule has 0 unspecified atom stereocenters. The van der Waals surface area contributed by atoms with E-state index in [1.165, 1.54) is 18.2 Å². The van der Waals surface area contributed by atoms with E-state index in [9.17, 15) is 18.0 Å². The van der Waals surface area contributed by atoms with Crippen LogP contribution in [-0.4, -0.2) is 33.4 Å². The number of hydrogen-bond donors (Lipinski definition) is 1. The molecule has 0 spiro atoms. The van der Waals surface area contributed by atoms with E-state index < -0.39 is 22.5 Å². The van der Waals surface area contributed by atoms with Gasteiger partial charge < -0.3 is 10.1 Å². The van der Waals surface area contributed by atoms with Crippen LogP contribution in [-0.2, 0) is 26.1 Å². The first-order valence-electron chi connectivity index (χ1n) is 12.7. The number of rotatable bonds is 11. The molecule has 0 radical (unpaired) electrons. The summed E-state index contributed by atoms with van der Waals surface area (Å²) in [5.74, 6) is -0.914. The Morgan fingerprint density at radius 1 is 0.875 bits per heavy atom. The highest BCUT2D eigenvalue weighted by atomic mass is 35.5. The average molecular weight is 600 g/mol. The Balaban J connectivity index is 1.64. The minimum absolute atomic E-state index is 0.146. The Labute approximate surface area is 243 Å². The van der Waals surface area contributed by atoms with Gasteiger partial charge in [0.2, 0.25) is 0 Å². The summed E-state index contributed by atoms with van der Waals surface area (Å²) in [6, 6.07) is 23.6. The lowest BCUT2D eigenvalue weighted by molar-refractivity contribution is -0.141. The van der Waals surface area contributed by atoms with Gasteiger partial charge in [0.25, 0.3) is 15.9 Å². The maximum atomic E-state index is 13.7. The molecule has 4 rings (SSSR count). The number of halogens is 2. The second kappa shape index (κ2) is 13.2. The number of hydrogen-bond acceptors (Lipinski definition) is 5. The van der Waals surface area contributed by atoms with Crippen molar-refractivity contribution in [2.75, 3.05) is 17.5 Å². The lowest BCUT2D eigenvalue weighted by Gasteiger charge is -2.24. The number of esters is 1. The van der Waals surface area contributed by atoms with Gasteiger partial charge in [-0.2, -0.15) is 0 Å². The van der Waals surface area contributed by atoms with Crippen molar-refractivity contribution in [3.8, 4) is 0 Å². The molecule has 0 saturated carbocycles. The van der Waals surface area contributed by atoms with Crippen LogP contribution in [0, 0.1) is 0 Å². The summed E-state index contributed by atoms with van der Waals surface area (Å²) in [5.41, 5.74) is 1.70. The number of sulfonamides is 1. The van der Waals surface area contributed by atoms with Crippen LogP contribution in [0.2, 0.25) is 10.0 Å². The molecule has 0 aliphatic heterocycles. The molecule has 0 aliphatic rings. The van der Waals surface area contributed by atoms with E-state index in [1.807, 2.05) is 37.3 Å². The van der Waals surface area contributed by atoms with Gasteiger partial charge in [-0.3, -0.25) is 13.9 Å². The van der Waals surface area contributed by atoms with Crippen molar-refractivity contribution in [2.24, 2.45) is 0 Å².